The summed E-state index contributed by atoms with van der Waals surface area (Å²) in [7, 11) is 1.36. The number of esters is 2. The summed E-state index contributed by atoms with van der Waals surface area (Å²) >= 11 is 0. The van der Waals surface area contributed by atoms with E-state index in [0.29, 0.717) is 13.0 Å². The molecule has 5 nitrogen and oxygen atoms in total. The molecule has 1 saturated carbocycles. The predicted octanol–water partition coefficient (Wildman–Crippen LogP) is 1.05. The molecule has 1 aliphatic carbocycles. The molecule has 1 N–H and O–H groups in total. The van der Waals surface area contributed by atoms with E-state index >= 15 is 0 Å². The Kier molecular flexibility index (Phi) is 5.88. The molecular formula is C12H20ClNO4. The van der Waals surface area contributed by atoms with Gasteiger partial charge in [-0.2, -0.15) is 0 Å². The van der Waals surface area contributed by atoms with Gasteiger partial charge in [-0.05, 0) is 12.8 Å². The lowest BCUT2D eigenvalue weighted by Gasteiger charge is -2.14. The van der Waals surface area contributed by atoms with Gasteiger partial charge in [-0.3, -0.25) is 9.59 Å². The van der Waals surface area contributed by atoms with E-state index in [-0.39, 0.29) is 42.4 Å². The number of ether oxygens (including phenoxy) is 2. The van der Waals surface area contributed by atoms with Gasteiger partial charge in [-0.1, -0.05) is 12.8 Å². The first-order valence-electron chi connectivity index (χ1n) is 6.22. The van der Waals surface area contributed by atoms with Crippen molar-refractivity contribution in [1.29, 1.82) is 0 Å². The van der Waals surface area contributed by atoms with E-state index in [1.54, 1.807) is 0 Å². The van der Waals surface area contributed by atoms with Crippen molar-refractivity contribution >= 4 is 24.3 Å². The lowest BCUT2D eigenvalue weighted by molar-refractivity contribution is -0.153. The van der Waals surface area contributed by atoms with Crippen LogP contribution in [0.4, 0.5) is 0 Å². The molecule has 2 atom stereocenters. The standard InChI is InChI=1S/C12H19NO4.ClH/c1-16-12(15)10-6-9(7-13-10)17-11(14)8-4-2-3-5-8;/h8-10,13H,2-7H2,1H3;1H/t9-,10-;/m0./s1. The van der Waals surface area contributed by atoms with Crippen molar-refractivity contribution in [3.63, 3.8) is 0 Å². The van der Waals surface area contributed by atoms with Crippen molar-refractivity contribution in [2.75, 3.05) is 13.7 Å². The second-order valence-electron chi connectivity index (χ2n) is 4.76. The van der Waals surface area contributed by atoms with E-state index in [1.807, 2.05) is 0 Å². The van der Waals surface area contributed by atoms with Crippen LogP contribution in [-0.2, 0) is 19.1 Å². The van der Waals surface area contributed by atoms with Gasteiger partial charge in [0.05, 0.1) is 13.0 Å². The molecule has 2 rings (SSSR count). The van der Waals surface area contributed by atoms with Crippen molar-refractivity contribution < 1.29 is 19.1 Å². The smallest absolute Gasteiger partial charge is 0.323 e. The molecule has 0 spiro atoms. The van der Waals surface area contributed by atoms with Crippen LogP contribution in [0.3, 0.4) is 0 Å². The molecule has 0 aromatic heterocycles. The highest BCUT2D eigenvalue weighted by atomic mass is 35.5. The molecule has 0 bridgehead atoms. The summed E-state index contributed by atoms with van der Waals surface area (Å²) < 4.78 is 10.1. The van der Waals surface area contributed by atoms with Crippen LogP contribution < -0.4 is 5.32 Å². The minimum Gasteiger partial charge on any atom is -0.468 e. The normalized spacial score (nSPS) is 27.6. The number of hydrogen-bond donors (Lipinski definition) is 1. The number of carbonyl (C=O) groups is 2. The number of carbonyl (C=O) groups excluding carboxylic acids is 2. The molecule has 0 radical (unpaired) electrons. The maximum atomic E-state index is 11.8. The van der Waals surface area contributed by atoms with Crippen molar-refractivity contribution in [1.82, 2.24) is 5.32 Å². The summed E-state index contributed by atoms with van der Waals surface area (Å²) in [6.07, 6.45) is 4.46. The monoisotopic (exact) mass is 277 g/mol. The molecule has 0 aromatic rings. The first kappa shape index (κ1) is 15.2. The molecule has 6 heteroatoms. The van der Waals surface area contributed by atoms with Crippen LogP contribution >= 0.6 is 12.4 Å². The van der Waals surface area contributed by atoms with Gasteiger partial charge < -0.3 is 14.8 Å². The van der Waals surface area contributed by atoms with E-state index in [1.165, 1.54) is 7.11 Å². The lowest BCUT2D eigenvalue weighted by atomic mass is 10.1. The van der Waals surface area contributed by atoms with Gasteiger partial charge in [0.25, 0.3) is 0 Å². The Labute approximate surface area is 113 Å². The third kappa shape index (κ3) is 3.59. The number of methoxy groups -OCH3 is 1. The lowest BCUT2D eigenvalue weighted by Crippen LogP contribution is -2.31. The Morgan fingerprint density at radius 1 is 1.17 bits per heavy atom. The molecule has 1 saturated heterocycles. The summed E-state index contributed by atoms with van der Waals surface area (Å²) in [5.41, 5.74) is 0. The second-order valence-corrected chi connectivity index (χ2v) is 4.76. The highest BCUT2D eigenvalue weighted by Gasteiger charge is 2.34. The third-order valence-electron chi connectivity index (χ3n) is 3.55. The van der Waals surface area contributed by atoms with Gasteiger partial charge >= 0.3 is 11.9 Å². The molecule has 0 unspecified atom stereocenters. The van der Waals surface area contributed by atoms with E-state index in [4.69, 9.17) is 4.74 Å². The molecule has 18 heavy (non-hydrogen) atoms. The molecule has 0 aromatic carbocycles. The fourth-order valence-electron chi connectivity index (χ4n) is 2.54. The summed E-state index contributed by atoms with van der Waals surface area (Å²) in [6.45, 7) is 0.540. The molecular weight excluding hydrogens is 258 g/mol. The Morgan fingerprint density at radius 3 is 2.44 bits per heavy atom. The van der Waals surface area contributed by atoms with Crippen LogP contribution in [0.1, 0.15) is 32.1 Å². The van der Waals surface area contributed by atoms with E-state index < -0.39 is 0 Å². The summed E-state index contributed by atoms with van der Waals surface area (Å²) in [4.78, 5) is 23.1. The third-order valence-corrected chi connectivity index (χ3v) is 3.55. The first-order valence-corrected chi connectivity index (χ1v) is 6.22. The quantitative estimate of drug-likeness (QED) is 0.781. The van der Waals surface area contributed by atoms with Crippen LogP contribution in [0.2, 0.25) is 0 Å². The molecule has 2 aliphatic rings. The Balaban J connectivity index is 0.00000162. The van der Waals surface area contributed by atoms with Gasteiger partial charge in [-0.25, -0.2) is 0 Å². The van der Waals surface area contributed by atoms with Crippen molar-refractivity contribution in [3.05, 3.63) is 0 Å². The van der Waals surface area contributed by atoms with Gasteiger partial charge in [-0.15, -0.1) is 12.4 Å². The first-order chi connectivity index (χ1) is 8.20. The Bertz CT molecular complexity index is 304. The highest BCUT2D eigenvalue weighted by molar-refractivity contribution is 5.85. The summed E-state index contributed by atoms with van der Waals surface area (Å²) in [5, 5.41) is 3.00. The van der Waals surface area contributed by atoms with Crippen LogP contribution in [-0.4, -0.2) is 37.7 Å². The largest absolute Gasteiger partial charge is 0.468 e. The van der Waals surface area contributed by atoms with Crippen LogP contribution in [0.5, 0.6) is 0 Å². The van der Waals surface area contributed by atoms with Gasteiger partial charge in [0.1, 0.15) is 12.1 Å². The minimum atomic E-state index is -0.332. The topological polar surface area (TPSA) is 64.6 Å². The maximum Gasteiger partial charge on any atom is 0.323 e. The highest BCUT2D eigenvalue weighted by Crippen LogP contribution is 2.26. The van der Waals surface area contributed by atoms with E-state index in [9.17, 15) is 9.59 Å². The molecule has 1 aliphatic heterocycles. The number of halogens is 1. The molecule has 1 heterocycles. The summed E-state index contributed by atoms with van der Waals surface area (Å²) in [5.74, 6) is -0.309. The molecule has 104 valence electrons. The van der Waals surface area contributed by atoms with Gasteiger partial charge in [0, 0.05) is 13.0 Å². The Morgan fingerprint density at radius 2 is 1.83 bits per heavy atom. The van der Waals surface area contributed by atoms with Gasteiger partial charge in [0.2, 0.25) is 0 Å². The average Bonchev–Trinajstić information content (AvgIpc) is 2.98. The fraction of sp³-hybridized carbons (Fsp3) is 0.833. The average molecular weight is 278 g/mol. The van der Waals surface area contributed by atoms with Crippen molar-refractivity contribution in [2.24, 2.45) is 5.92 Å². The Hall–Kier alpha value is -0.810. The maximum absolute atomic E-state index is 11.8. The zero-order valence-electron chi connectivity index (χ0n) is 10.5. The SMILES string of the molecule is COC(=O)[C@@H]1C[C@H](OC(=O)C2CCCC2)CN1.Cl. The molecule has 0 amide bonds. The molecule has 2 fully saturated rings. The van der Waals surface area contributed by atoms with E-state index in [0.717, 1.165) is 25.7 Å². The van der Waals surface area contributed by atoms with Crippen LogP contribution in [0, 0.1) is 5.92 Å². The zero-order valence-corrected chi connectivity index (χ0v) is 11.3. The number of hydrogen-bond acceptors (Lipinski definition) is 5. The van der Waals surface area contributed by atoms with Crippen molar-refractivity contribution in [2.45, 2.75) is 44.2 Å². The second kappa shape index (κ2) is 6.95. The fourth-order valence-corrected chi connectivity index (χ4v) is 2.54. The predicted molar refractivity (Wildman–Crippen MR) is 67.5 cm³/mol. The minimum absolute atomic E-state index is 0. The number of nitrogens with one attached hydrogen (secondary N) is 1. The van der Waals surface area contributed by atoms with Crippen LogP contribution in [0.15, 0.2) is 0 Å². The van der Waals surface area contributed by atoms with Gasteiger partial charge in [0.15, 0.2) is 0 Å². The van der Waals surface area contributed by atoms with Crippen molar-refractivity contribution in [3.8, 4) is 0 Å². The summed E-state index contributed by atoms with van der Waals surface area (Å²) in [6, 6.07) is -0.332. The van der Waals surface area contributed by atoms with E-state index in [2.05, 4.69) is 10.1 Å². The number of rotatable bonds is 3. The zero-order chi connectivity index (χ0) is 12.3. The van der Waals surface area contributed by atoms with Crippen LogP contribution in [0.25, 0.3) is 0 Å².